The predicted octanol–water partition coefficient (Wildman–Crippen LogP) is -0.459. The molecule has 104 valence electrons. The molecular weight excluding hydrogens is 289 g/mol. The van der Waals surface area contributed by atoms with Crippen LogP contribution in [0.25, 0.3) is 0 Å². The van der Waals surface area contributed by atoms with Gasteiger partial charge in [0.25, 0.3) is 5.97 Å². The van der Waals surface area contributed by atoms with E-state index in [1.807, 2.05) is 6.07 Å². The molecule has 0 amide bonds. The predicted molar refractivity (Wildman–Crippen MR) is 76.3 cm³/mol. The molecule has 2 rings (SSSR count). The number of hydrogen-bond acceptors (Lipinski definition) is 4. The number of nitriles is 1. The zero-order chi connectivity index (χ0) is 15.2. The number of methoxy groups -OCH3 is 1. The Morgan fingerprint density at radius 1 is 1.05 bits per heavy atom. The first-order chi connectivity index (χ1) is 10.2. The quantitative estimate of drug-likeness (QED) is 0.332. The molecule has 0 aliphatic heterocycles. The molecule has 0 heterocycles. The molecule has 0 aromatic heterocycles. The zero-order valence-corrected chi connectivity index (χ0v) is 14.4. The Morgan fingerprint density at radius 3 is 2.27 bits per heavy atom. The van der Waals surface area contributed by atoms with Crippen LogP contribution in [0.15, 0.2) is 54.6 Å². The normalized spacial score (nSPS) is 9.09. The van der Waals surface area contributed by atoms with E-state index in [1.165, 1.54) is 13.2 Å². The van der Waals surface area contributed by atoms with Crippen LogP contribution in [0.1, 0.15) is 21.5 Å². The number of esters is 1. The summed E-state index contributed by atoms with van der Waals surface area (Å²) in [5.74, 6) is -1.01. The summed E-state index contributed by atoms with van der Waals surface area (Å²) in [4.78, 5) is 23.9. The summed E-state index contributed by atoms with van der Waals surface area (Å²) in [5.41, 5.74) is 1.33. The van der Waals surface area contributed by atoms with E-state index in [1.54, 1.807) is 48.5 Å². The molecule has 22 heavy (non-hydrogen) atoms. The van der Waals surface area contributed by atoms with Crippen LogP contribution in [-0.4, -0.2) is 18.9 Å². The monoisotopic (exact) mass is 301 g/mol. The molecule has 0 bridgehead atoms. The van der Waals surface area contributed by atoms with Crippen LogP contribution in [0.4, 0.5) is 0 Å². The van der Waals surface area contributed by atoms with E-state index in [9.17, 15) is 9.59 Å². The van der Waals surface area contributed by atoms with Crippen molar-refractivity contribution in [1.29, 1.82) is 5.26 Å². The van der Waals surface area contributed by atoms with Crippen molar-refractivity contribution in [3.8, 4) is 6.07 Å². The van der Waals surface area contributed by atoms with Crippen molar-refractivity contribution >= 4 is 11.8 Å². The van der Waals surface area contributed by atoms with Crippen LogP contribution >= 0.6 is 0 Å². The fourth-order valence-electron chi connectivity index (χ4n) is 1.90. The Labute approximate surface area is 151 Å². The second-order valence-electron chi connectivity index (χ2n) is 4.25. The topological polar surface area (TPSA) is 67.2 Å². The SMILES string of the molecule is COC(=O)[C-](C#N)c1cccc(C(=O)c2ccccc2)c1.[Na+]. The van der Waals surface area contributed by atoms with Gasteiger partial charge in [0, 0.05) is 17.6 Å². The molecule has 4 nitrogen and oxygen atoms in total. The first kappa shape index (κ1) is 18.0. The number of rotatable bonds is 4. The van der Waals surface area contributed by atoms with Gasteiger partial charge in [-0.3, -0.25) is 9.59 Å². The molecule has 0 saturated carbocycles. The summed E-state index contributed by atoms with van der Waals surface area (Å²) < 4.78 is 4.56. The summed E-state index contributed by atoms with van der Waals surface area (Å²) in [6.45, 7) is 0. The minimum atomic E-state index is -0.721. The molecule has 5 heteroatoms. The van der Waals surface area contributed by atoms with Crippen LogP contribution in [0.5, 0.6) is 0 Å². The smallest absolute Gasteiger partial charge is 0.474 e. The van der Waals surface area contributed by atoms with Crippen LogP contribution in [-0.2, 0) is 9.53 Å². The second kappa shape index (κ2) is 8.40. The third kappa shape index (κ3) is 3.99. The Hall–Kier alpha value is -2.06. The van der Waals surface area contributed by atoms with Gasteiger partial charge in [-0.25, -0.2) is 5.26 Å². The van der Waals surface area contributed by atoms with E-state index in [-0.39, 0.29) is 41.3 Å². The van der Waals surface area contributed by atoms with Crippen molar-refractivity contribution in [1.82, 2.24) is 0 Å². The summed E-state index contributed by atoms with van der Waals surface area (Å²) in [6.07, 6.45) is 0. The maximum absolute atomic E-state index is 12.3. The molecular formula is C17H12NNaO3. The number of nitrogens with zero attached hydrogens (tertiary/aromatic N) is 1. The summed E-state index contributed by atoms with van der Waals surface area (Å²) >= 11 is 0. The summed E-state index contributed by atoms with van der Waals surface area (Å²) in [7, 11) is 1.21. The minimum absolute atomic E-state index is 0. The molecule has 0 radical (unpaired) electrons. The van der Waals surface area contributed by atoms with Crippen LogP contribution < -0.4 is 29.6 Å². The third-order valence-corrected chi connectivity index (χ3v) is 2.95. The number of carbonyl (C=O) groups is 2. The molecule has 0 saturated heterocycles. The van der Waals surface area contributed by atoms with Gasteiger partial charge in [-0.2, -0.15) is 17.7 Å². The van der Waals surface area contributed by atoms with Gasteiger partial charge in [0.2, 0.25) is 0 Å². The number of hydrogen-bond donors (Lipinski definition) is 0. The van der Waals surface area contributed by atoms with E-state index >= 15 is 0 Å². The molecule has 0 spiro atoms. The standard InChI is InChI=1S/C17H12NO3.Na/c1-21-17(20)15(11-18)13-8-5-9-14(10-13)16(19)12-6-3-2-4-7-12;/h2-10H,1H3;/q-1;+1. The number of ketones is 1. The Balaban J connectivity index is 0.00000242. The minimum Gasteiger partial charge on any atom is -0.474 e. The molecule has 0 aliphatic carbocycles. The van der Waals surface area contributed by atoms with Crippen LogP contribution in [0.3, 0.4) is 0 Å². The van der Waals surface area contributed by atoms with Gasteiger partial charge in [0.05, 0.1) is 7.11 Å². The Bertz CT molecular complexity index is 707. The maximum Gasteiger partial charge on any atom is 1.00 e. The van der Waals surface area contributed by atoms with Gasteiger partial charge in [-0.15, -0.1) is 6.07 Å². The van der Waals surface area contributed by atoms with Crippen molar-refractivity contribution in [3.05, 3.63) is 77.2 Å². The van der Waals surface area contributed by atoms with Gasteiger partial charge in [-0.05, 0) is 5.56 Å². The number of benzene rings is 2. The fraction of sp³-hybridized carbons (Fsp3) is 0.0588. The van der Waals surface area contributed by atoms with Gasteiger partial charge in [0.1, 0.15) is 0 Å². The van der Waals surface area contributed by atoms with Crippen LogP contribution in [0.2, 0.25) is 0 Å². The van der Waals surface area contributed by atoms with E-state index in [4.69, 9.17) is 5.26 Å². The molecule has 0 fully saturated rings. The van der Waals surface area contributed by atoms with Crippen molar-refractivity contribution in [3.63, 3.8) is 0 Å². The average Bonchev–Trinajstić information content (AvgIpc) is 2.55. The van der Waals surface area contributed by atoms with Gasteiger partial charge >= 0.3 is 29.6 Å². The first-order valence-electron chi connectivity index (χ1n) is 6.23. The van der Waals surface area contributed by atoms with Crippen molar-refractivity contribution in [2.45, 2.75) is 0 Å². The van der Waals surface area contributed by atoms with Crippen LogP contribution in [0, 0.1) is 17.2 Å². The Kier molecular flexibility index (Phi) is 6.87. The van der Waals surface area contributed by atoms with Gasteiger partial charge < -0.3 is 4.74 Å². The Morgan fingerprint density at radius 2 is 1.68 bits per heavy atom. The molecule has 2 aromatic carbocycles. The molecule has 0 N–H and O–H groups in total. The second-order valence-corrected chi connectivity index (χ2v) is 4.25. The molecule has 2 aromatic rings. The zero-order valence-electron chi connectivity index (χ0n) is 12.4. The summed E-state index contributed by atoms with van der Waals surface area (Å²) in [5, 5.41) is 9.05. The van der Waals surface area contributed by atoms with Gasteiger partial charge in [-0.1, -0.05) is 36.4 Å². The van der Waals surface area contributed by atoms with Gasteiger partial charge in [0.15, 0.2) is 5.78 Å². The molecule has 0 unspecified atom stereocenters. The molecule has 0 atom stereocenters. The third-order valence-electron chi connectivity index (χ3n) is 2.95. The fourth-order valence-corrected chi connectivity index (χ4v) is 1.90. The van der Waals surface area contributed by atoms with Crippen molar-refractivity contribution in [2.24, 2.45) is 0 Å². The maximum atomic E-state index is 12.3. The van der Waals surface area contributed by atoms with E-state index < -0.39 is 5.97 Å². The van der Waals surface area contributed by atoms with E-state index in [0.29, 0.717) is 16.7 Å². The average molecular weight is 301 g/mol. The largest absolute Gasteiger partial charge is 1.00 e. The van der Waals surface area contributed by atoms with E-state index in [2.05, 4.69) is 4.74 Å². The van der Waals surface area contributed by atoms with Crippen molar-refractivity contribution in [2.75, 3.05) is 7.11 Å². The first-order valence-corrected chi connectivity index (χ1v) is 6.23. The van der Waals surface area contributed by atoms with E-state index in [0.717, 1.165) is 0 Å². The molecule has 0 aliphatic rings. The van der Waals surface area contributed by atoms with Crippen molar-refractivity contribution < 1.29 is 43.9 Å². The number of ether oxygens (including phenoxy) is 1. The summed E-state index contributed by atoms with van der Waals surface area (Å²) in [6, 6.07) is 17.0. The number of carbonyl (C=O) groups excluding carboxylic acids is 2.